The van der Waals surface area contributed by atoms with E-state index in [1.165, 1.54) is 16.6 Å². The van der Waals surface area contributed by atoms with Crippen LogP contribution in [-0.4, -0.2) is 27.5 Å². The first kappa shape index (κ1) is 14.3. The van der Waals surface area contributed by atoms with Gasteiger partial charge < -0.3 is 14.4 Å². The predicted molar refractivity (Wildman–Crippen MR) is 92.9 cm³/mol. The Kier molecular flexibility index (Phi) is 3.10. The van der Waals surface area contributed by atoms with Crippen LogP contribution in [0.2, 0.25) is 0 Å². The third kappa shape index (κ3) is 2.28. The lowest BCUT2D eigenvalue weighted by Gasteiger charge is -2.26. The summed E-state index contributed by atoms with van der Waals surface area (Å²) in [7, 11) is 0. The van der Waals surface area contributed by atoms with Gasteiger partial charge in [0.2, 0.25) is 0 Å². The minimum atomic E-state index is -0.0411. The van der Waals surface area contributed by atoms with E-state index in [4.69, 9.17) is 4.52 Å². The summed E-state index contributed by atoms with van der Waals surface area (Å²) < 4.78 is 6.38. The van der Waals surface area contributed by atoms with Crippen molar-refractivity contribution in [3.63, 3.8) is 0 Å². The molecule has 1 saturated carbocycles. The fourth-order valence-corrected chi connectivity index (χ4v) is 3.83. The third-order valence-electron chi connectivity index (χ3n) is 4.95. The molecule has 1 fully saturated rings. The molecule has 5 nitrogen and oxygen atoms in total. The van der Waals surface area contributed by atoms with Crippen LogP contribution < -0.4 is 0 Å². The van der Waals surface area contributed by atoms with Crippen LogP contribution in [0, 0.1) is 0 Å². The summed E-state index contributed by atoms with van der Waals surface area (Å²) >= 11 is 3.53. The summed E-state index contributed by atoms with van der Waals surface area (Å²) in [6, 6.07) is 8.03. The van der Waals surface area contributed by atoms with Gasteiger partial charge in [-0.25, -0.2) is 0 Å². The number of aromatic amines is 1. The van der Waals surface area contributed by atoms with Crippen LogP contribution in [0.5, 0.6) is 0 Å². The minimum Gasteiger partial charge on any atom is -0.360 e. The monoisotopic (exact) mass is 385 g/mol. The predicted octanol–water partition coefficient (Wildman–Crippen LogP) is 3.99. The molecule has 1 amide bonds. The lowest BCUT2D eigenvalue weighted by Crippen LogP contribution is -2.35. The van der Waals surface area contributed by atoms with Gasteiger partial charge >= 0.3 is 0 Å². The van der Waals surface area contributed by atoms with E-state index < -0.39 is 0 Å². The van der Waals surface area contributed by atoms with E-state index in [0.717, 1.165) is 35.0 Å². The van der Waals surface area contributed by atoms with Gasteiger partial charge in [0.25, 0.3) is 5.91 Å². The van der Waals surface area contributed by atoms with Gasteiger partial charge in [-0.05, 0) is 31.0 Å². The number of nitrogens with zero attached hydrogens (tertiary/aromatic N) is 2. The molecule has 5 rings (SSSR count). The Morgan fingerprint density at radius 3 is 3.04 bits per heavy atom. The topological polar surface area (TPSA) is 62.1 Å². The van der Waals surface area contributed by atoms with Crippen molar-refractivity contribution in [1.29, 1.82) is 0 Å². The standard InChI is InChI=1S/C18H16BrN3O2/c19-11-3-4-14-12(7-11)13-9-22(6-5-15(13)20-14)18(23)16-8-17(24-21-16)10-1-2-10/h3-4,7-8,10,20H,1-2,5-6,9H2. The zero-order valence-corrected chi connectivity index (χ0v) is 14.6. The van der Waals surface area contributed by atoms with Gasteiger partial charge in [-0.1, -0.05) is 21.1 Å². The molecule has 1 aromatic carbocycles. The normalized spacial score (nSPS) is 17.3. The molecule has 0 saturated heterocycles. The number of carbonyl (C=O) groups is 1. The van der Waals surface area contributed by atoms with Gasteiger partial charge in [-0.2, -0.15) is 0 Å². The second-order valence-corrected chi connectivity index (χ2v) is 7.55. The third-order valence-corrected chi connectivity index (χ3v) is 5.44. The highest BCUT2D eigenvalue weighted by Gasteiger charge is 2.31. The first-order valence-electron chi connectivity index (χ1n) is 8.24. The number of amides is 1. The van der Waals surface area contributed by atoms with Crippen molar-refractivity contribution in [2.45, 2.75) is 31.7 Å². The Balaban J connectivity index is 1.45. The van der Waals surface area contributed by atoms with Crippen LogP contribution >= 0.6 is 15.9 Å². The molecule has 0 spiro atoms. The number of benzene rings is 1. The van der Waals surface area contributed by atoms with Crippen molar-refractivity contribution in [1.82, 2.24) is 15.0 Å². The Labute approximate surface area is 147 Å². The van der Waals surface area contributed by atoms with Gasteiger partial charge in [0.15, 0.2) is 5.69 Å². The Morgan fingerprint density at radius 1 is 1.33 bits per heavy atom. The quantitative estimate of drug-likeness (QED) is 0.725. The zero-order valence-electron chi connectivity index (χ0n) is 13.0. The maximum Gasteiger partial charge on any atom is 0.276 e. The van der Waals surface area contributed by atoms with Crippen molar-refractivity contribution in [2.24, 2.45) is 0 Å². The Hall–Kier alpha value is -2.08. The van der Waals surface area contributed by atoms with E-state index in [9.17, 15) is 4.79 Å². The van der Waals surface area contributed by atoms with Crippen molar-refractivity contribution < 1.29 is 9.32 Å². The largest absolute Gasteiger partial charge is 0.360 e. The number of hydrogen-bond acceptors (Lipinski definition) is 3. The van der Waals surface area contributed by atoms with E-state index >= 15 is 0 Å². The van der Waals surface area contributed by atoms with Gasteiger partial charge in [0.05, 0.1) is 0 Å². The molecule has 6 heteroatoms. The summed E-state index contributed by atoms with van der Waals surface area (Å²) in [5.74, 6) is 1.28. The second kappa shape index (κ2) is 5.21. The molecule has 0 atom stereocenters. The maximum absolute atomic E-state index is 12.8. The molecular weight excluding hydrogens is 370 g/mol. The van der Waals surface area contributed by atoms with Crippen LogP contribution in [0.15, 0.2) is 33.3 Å². The van der Waals surface area contributed by atoms with Crippen LogP contribution in [0.3, 0.4) is 0 Å². The summed E-state index contributed by atoms with van der Waals surface area (Å²) in [6.45, 7) is 1.31. The van der Waals surface area contributed by atoms with Gasteiger partial charge in [-0.3, -0.25) is 4.79 Å². The SMILES string of the molecule is O=C(c1cc(C2CC2)on1)N1CCc2[nH]c3ccc(Br)cc3c2C1. The van der Waals surface area contributed by atoms with E-state index in [2.05, 4.69) is 38.2 Å². The number of rotatable bonds is 2. The number of halogens is 1. The first-order valence-corrected chi connectivity index (χ1v) is 9.03. The molecular formula is C18H16BrN3O2. The molecule has 3 aromatic rings. The smallest absolute Gasteiger partial charge is 0.276 e. The summed E-state index contributed by atoms with van der Waals surface area (Å²) in [5, 5.41) is 5.17. The van der Waals surface area contributed by atoms with E-state index in [1.807, 2.05) is 17.0 Å². The second-order valence-electron chi connectivity index (χ2n) is 6.64. The van der Waals surface area contributed by atoms with E-state index in [1.54, 1.807) is 0 Å². The number of fused-ring (bicyclic) bond motifs is 3. The van der Waals surface area contributed by atoms with E-state index in [-0.39, 0.29) is 5.91 Å². The van der Waals surface area contributed by atoms with Gasteiger partial charge in [0.1, 0.15) is 5.76 Å². The zero-order chi connectivity index (χ0) is 16.3. The number of nitrogens with one attached hydrogen (secondary N) is 1. The average molecular weight is 386 g/mol. The molecule has 2 aromatic heterocycles. The molecule has 0 bridgehead atoms. The maximum atomic E-state index is 12.8. The fourth-order valence-electron chi connectivity index (χ4n) is 3.47. The molecule has 1 N–H and O–H groups in total. The number of aromatic nitrogens is 2. The molecule has 0 radical (unpaired) electrons. The first-order chi connectivity index (χ1) is 11.7. The number of hydrogen-bond donors (Lipinski definition) is 1. The molecule has 24 heavy (non-hydrogen) atoms. The molecule has 122 valence electrons. The molecule has 1 aliphatic heterocycles. The van der Waals surface area contributed by atoms with Crippen molar-refractivity contribution in [3.05, 3.63) is 51.4 Å². The van der Waals surface area contributed by atoms with Crippen LogP contribution in [0.25, 0.3) is 10.9 Å². The average Bonchev–Trinajstić information content (AvgIpc) is 3.21. The summed E-state index contributed by atoms with van der Waals surface area (Å²) in [6.07, 6.45) is 3.11. The number of H-pyrrole nitrogens is 1. The lowest BCUT2D eigenvalue weighted by molar-refractivity contribution is 0.0724. The molecule has 3 heterocycles. The Morgan fingerprint density at radius 2 is 2.21 bits per heavy atom. The van der Waals surface area contributed by atoms with Crippen molar-refractivity contribution in [3.8, 4) is 0 Å². The van der Waals surface area contributed by atoms with Gasteiger partial charge in [-0.15, -0.1) is 0 Å². The molecule has 0 unspecified atom stereocenters. The van der Waals surface area contributed by atoms with Crippen LogP contribution in [-0.2, 0) is 13.0 Å². The molecule has 2 aliphatic rings. The van der Waals surface area contributed by atoms with E-state index in [0.29, 0.717) is 24.7 Å². The van der Waals surface area contributed by atoms with Crippen LogP contribution in [0.4, 0.5) is 0 Å². The minimum absolute atomic E-state index is 0.0411. The Bertz CT molecular complexity index is 954. The summed E-state index contributed by atoms with van der Waals surface area (Å²) in [4.78, 5) is 18.1. The summed E-state index contributed by atoms with van der Waals surface area (Å²) in [5.41, 5.74) is 3.99. The number of carbonyl (C=O) groups excluding carboxylic acids is 1. The lowest BCUT2D eigenvalue weighted by atomic mass is 10.0. The van der Waals surface area contributed by atoms with Crippen LogP contribution in [0.1, 0.15) is 46.3 Å². The molecule has 1 aliphatic carbocycles. The highest BCUT2D eigenvalue weighted by molar-refractivity contribution is 9.10. The van der Waals surface area contributed by atoms with Gasteiger partial charge in [0, 0.05) is 58.1 Å². The van der Waals surface area contributed by atoms with Crippen molar-refractivity contribution >= 4 is 32.7 Å². The highest BCUT2D eigenvalue weighted by atomic mass is 79.9. The van der Waals surface area contributed by atoms with Crippen molar-refractivity contribution in [2.75, 3.05) is 6.54 Å². The fraction of sp³-hybridized carbons (Fsp3) is 0.333. The highest BCUT2D eigenvalue weighted by Crippen LogP contribution is 2.40.